The van der Waals surface area contributed by atoms with E-state index in [9.17, 15) is 0 Å². The molecule has 0 aliphatic carbocycles. The summed E-state index contributed by atoms with van der Waals surface area (Å²) in [4.78, 5) is 17.0. The Kier molecular flexibility index (Phi) is 24.0. The van der Waals surface area contributed by atoms with Crippen LogP contribution in [0, 0.1) is 0 Å². The van der Waals surface area contributed by atoms with Gasteiger partial charge in [-0.15, -0.1) is 0 Å². The molecule has 0 saturated heterocycles. The molecule has 11 heavy (non-hydrogen) atoms. The maximum atomic E-state index is 8.59. The predicted molar refractivity (Wildman–Crippen MR) is 19.3 cm³/mol. The van der Waals surface area contributed by atoms with E-state index in [-0.39, 0.29) is 54.6 Å². The van der Waals surface area contributed by atoms with Crippen LogP contribution in [-0.4, -0.2) is 63.8 Å². The zero-order valence-corrected chi connectivity index (χ0v) is 14.8. The fraction of sp³-hybridized carbons (Fsp3) is 0. The van der Waals surface area contributed by atoms with Crippen molar-refractivity contribution in [3.05, 3.63) is 0 Å². The van der Waals surface area contributed by atoms with Gasteiger partial charge in [0.25, 0.3) is 0 Å². The van der Waals surface area contributed by atoms with E-state index < -0.39 is 22.8 Å². The summed E-state index contributed by atoms with van der Waals surface area (Å²) in [6.07, 6.45) is 0. The first kappa shape index (κ1) is 22.9. The van der Waals surface area contributed by atoms with Gasteiger partial charge in [0, 0.05) is 9.17 Å². The van der Waals surface area contributed by atoms with Crippen LogP contribution in [0.25, 0.3) is 0 Å². The van der Waals surface area contributed by atoms with Crippen molar-refractivity contribution in [3.8, 4) is 0 Å². The van der Waals surface area contributed by atoms with E-state index in [2.05, 4.69) is 0 Å². The van der Waals surface area contributed by atoms with Crippen molar-refractivity contribution in [2.75, 3.05) is 0 Å². The van der Waals surface area contributed by atoms with E-state index in [0.717, 1.165) is 0 Å². The molecule has 0 aromatic heterocycles. The van der Waals surface area contributed by atoms with Gasteiger partial charge in [0.15, 0.2) is 0 Å². The Morgan fingerprint density at radius 2 is 1.00 bits per heavy atom. The molecule has 0 bridgehead atoms. The number of hydrogen-bond acceptors (Lipinski definition) is 7. The van der Waals surface area contributed by atoms with E-state index in [0.29, 0.717) is 0 Å². The Morgan fingerprint density at radius 3 is 1.00 bits per heavy atom. The fourth-order valence-electron chi connectivity index (χ4n) is 0. The topological polar surface area (TPSA) is 143 Å². The summed E-state index contributed by atoms with van der Waals surface area (Å²) < 4.78 is 42.9. The summed E-state index contributed by atoms with van der Waals surface area (Å²) in [6, 6.07) is 0. The summed E-state index contributed by atoms with van der Waals surface area (Å²) >= 11 is -5.75. The van der Waals surface area contributed by atoms with E-state index in [1.165, 1.54) is 0 Å². The summed E-state index contributed by atoms with van der Waals surface area (Å²) in [5.41, 5.74) is 0. The van der Waals surface area contributed by atoms with Gasteiger partial charge in [-0.25, -0.2) is 0 Å². The molecule has 0 amide bonds. The molecule has 0 aliphatic heterocycles. The Balaban J connectivity index is -0.0000000383. The van der Waals surface area contributed by atoms with Gasteiger partial charge in [0.05, 0.1) is 0 Å². The SMILES string of the molecule is O=[Si]([O-])[O-].[O]=[Cr](=[O])([O-])[O-].[Pb+2].[Pb+2]. The molecule has 7 nitrogen and oxygen atoms in total. The first-order valence-corrected chi connectivity index (χ1v) is 4.59. The van der Waals surface area contributed by atoms with Crippen molar-refractivity contribution in [2.45, 2.75) is 0 Å². The van der Waals surface area contributed by atoms with Crippen molar-refractivity contribution in [2.24, 2.45) is 0 Å². The zero-order valence-electron chi connectivity index (χ0n) is 4.77. The van der Waals surface area contributed by atoms with Crippen molar-refractivity contribution >= 4 is 63.8 Å². The van der Waals surface area contributed by atoms with Crippen molar-refractivity contribution < 1.29 is 43.6 Å². The molecule has 0 fully saturated rings. The van der Waals surface area contributed by atoms with E-state index in [1.54, 1.807) is 0 Å². The Bertz CT molecular complexity index is 159. The minimum Gasteiger partial charge on any atom is 2.00 e. The Morgan fingerprint density at radius 1 is 1.00 bits per heavy atom. The third-order valence-corrected chi connectivity index (χ3v) is 0. The monoisotopic (exact) mass is 608 g/mol. The molecule has 0 aromatic rings. The zero-order chi connectivity index (χ0) is 8.08. The second-order valence-electron chi connectivity index (χ2n) is 0.658. The molecule has 4 radical (unpaired) electrons. The Hall–Kier alpha value is 1.51. The molecule has 0 aliphatic rings. The minimum atomic E-state index is -5.75. The van der Waals surface area contributed by atoms with Crippen molar-refractivity contribution in [1.29, 1.82) is 0 Å². The second-order valence-corrected chi connectivity index (χ2v) is 2.43. The number of rotatable bonds is 0. The maximum absolute atomic E-state index is 8.59. The first-order chi connectivity index (χ1) is 3.73. The number of hydrogen-bond donors (Lipinski definition) is 0. The van der Waals surface area contributed by atoms with E-state index in [1.807, 2.05) is 0 Å². The summed E-state index contributed by atoms with van der Waals surface area (Å²) in [7, 11) is -3.63. The molecule has 0 saturated carbocycles. The van der Waals surface area contributed by atoms with E-state index in [4.69, 9.17) is 30.0 Å². The minimum absolute atomic E-state index is 0. The van der Waals surface area contributed by atoms with Gasteiger partial charge < -0.3 is 14.1 Å². The molecular formula is CrO7Pb2Si. The third kappa shape index (κ3) is 455. The maximum Gasteiger partial charge on any atom is 2.00 e. The van der Waals surface area contributed by atoms with Crippen LogP contribution in [-0.2, 0) is 25.7 Å². The summed E-state index contributed by atoms with van der Waals surface area (Å²) in [5, 5.41) is 0. The van der Waals surface area contributed by atoms with Gasteiger partial charge in [0.1, 0.15) is 0 Å². The van der Waals surface area contributed by atoms with Crippen LogP contribution in [0.5, 0.6) is 0 Å². The smallest absolute Gasteiger partial charge is 2.00 e. The van der Waals surface area contributed by atoms with Gasteiger partial charge >= 0.3 is 84.1 Å². The summed E-state index contributed by atoms with van der Waals surface area (Å²) in [6.45, 7) is 0. The first-order valence-electron chi connectivity index (χ1n) is 1.28. The van der Waals surface area contributed by atoms with Crippen LogP contribution in [0.2, 0.25) is 0 Å². The van der Waals surface area contributed by atoms with Crippen LogP contribution in [0.3, 0.4) is 0 Å². The van der Waals surface area contributed by atoms with Crippen molar-refractivity contribution in [3.63, 3.8) is 0 Å². The van der Waals surface area contributed by atoms with Crippen LogP contribution in [0.15, 0.2) is 0 Å². The van der Waals surface area contributed by atoms with Crippen LogP contribution in [0.4, 0.5) is 0 Å². The average molecular weight is 606 g/mol. The van der Waals surface area contributed by atoms with Gasteiger partial charge in [-0.1, -0.05) is 0 Å². The molecule has 0 heterocycles. The normalized spacial score (nSPS) is 7.45. The van der Waals surface area contributed by atoms with Crippen LogP contribution < -0.4 is 17.9 Å². The second kappa shape index (κ2) is 11.5. The third-order valence-electron chi connectivity index (χ3n) is 0. The molecule has 60 valence electrons. The van der Waals surface area contributed by atoms with Crippen molar-refractivity contribution in [1.82, 2.24) is 0 Å². The molecule has 0 rings (SSSR count). The standard InChI is InChI=1S/Cr.O3Si.4O.2Pb/c;1-4(2)3;;;;;;/q;-2;;;2*-1;2*+2. The molecule has 11 heteroatoms. The Labute approximate surface area is 106 Å². The summed E-state index contributed by atoms with van der Waals surface area (Å²) in [5.74, 6) is 0. The van der Waals surface area contributed by atoms with Gasteiger partial charge in [-0.2, -0.15) is 0 Å². The quantitative estimate of drug-likeness (QED) is 0.250. The molecule has 0 aromatic carbocycles. The van der Waals surface area contributed by atoms with E-state index >= 15 is 0 Å². The molecular weight excluding hydrogens is 606 g/mol. The average Bonchev–Trinajstić information content (AvgIpc) is 1.19. The van der Waals surface area contributed by atoms with Gasteiger partial charge in [-0.05, 0) is 0 Å². The largest absolute Gasteiger partial charge is 2.00 e. The molecule has 0 atom stereocenters. The predicted octanol–water partition coefficient (Wildman–Crippen LogP) is -6.26. The fourth-order valence-corrected chi connectivity index (χ4v) is 0. The molecule has 0 N–H and O–H groups in total. The van der Waals surface area contributed by atoms with Crippen LogP contribution >= 0.6 is 0 Å². The molecule has 0 spiro atoms. The van der Waals surface area contributed by atoms with Gasteiger partial charge in [-0.3, -0.25) is 0 Å². The molecule has 0 unspecified atom stereocenters. The van der Waals surface area contributed by atoms with Crippen LogP contribution in [0.1, 0.15) is 0 Å². The van der Waals surface area contributed by atoms with Gasteiger partial charge in [0.2, 0.25) is 0 Å².